The highest BCUT2D eigenvalue weighted by Gasteiger charge is 2.08. The maximum atomic E-state index is 11.8. The predicted molar refractivity (Wildman–Crippen MR) is 71.2 cm³/mol. The van der Waals surface area contributed by atoms with Gasteiger partial charge in [-0.2, -0.15) is 0 Å². The Morgan fingerprint density at radius 3 is 2.42 bits per heavy atom. The molecule has 1 aromatic carbocycles. The molecule has 1 heterocycles. The first-order valence-corrected chi connectivity index (χ1v) is 6.38. The molecule has 96 valence electrons. The van der Waals surface area contributed by atoms with E-state index in [1.807, 2.05) is 5.38 Å². The van der Waals surface area contributed by atoms with E-state index in [2.05, 4.69) is 5.32 Å². The van der Waals surface area contributed by atoms with Crippen LogP contribution in [0.4, 0.5) is 0 Å². The molecule has 0 aliphatic heterocycles. The summed E-state index contributed by atoms with van der Waals surface area (Å²) in [4.78, 5) is 23.6. The summed E-state index contributed by atoms with van der Waals surface area (Å²) in [5.74, 6) is -1.90. The van der Waals surface area contributed by atoms with Crippen LogP contribution in [-0.2, 0) is 4.79 Å². The molecule has 0 radical (unpaired) electrons. The Kier molecular flexibility index (Phi) is 4.10. The van der Waals surface area contributed by atoms with Gasteiger partial charge in [-0.1, -0.05) is 24.3 Å². The van der Waals surface area contributed by atoms with E-state index in [1.165, 1.54) is 17.4 Å². The first kappa shape index (κ1) is 13.0. The van der Waals surface area contributed by atoms with Crippen molar-refractivity contribution in [1.82, 2.24) is 5.32 Å². The van der Waals surface area contributed by atoms with Crippen molar-refractivity contribution in [1.29, 1.82) is 0 Å². The highest BCUT2D eigenvalue weighted by atomic mass is 32.1. The third-order valence-electron chi connectivity index (χ3n) is 2.33. The zero-order valence-electron chi connectivity index (χ0n) is 9.83. The molecule has 1 N–H and O–H groups in total. The second-order valence-electron chi connectivity index (χ2n) is 3.68. The number of hydrogen-bond acceptors (Lipinski definition) is 4. The van der Waals surface area contributed by atoms with Crippen molar-refractivity contribution >= 4 is 29.3 Å². The molecule has 4 nitrogen and oxygen atoms in total. The van der Waals surface area contributed by atoms with Crippen LogP contribution in [0.15, 0.2) is 53.5 Å². The van der Waals surface area contributed by atoms with Gasteiger partial charge < -0.3 is 15.2 Å². The minimum atomic E-state index is -1.42. The number of nitrogens with one attached hydrogen (secondary N) is 1. The number of carboxylic acid groups (broad SMARTS) is 1. The summed E-state index contributed by atoms with van der Waals surface area (Å²) >= 11 is 1.37. The van der Waals surface area contributed by atoms with Gasteiger partial charge in [-0.25, -0.2) is 0 Å². The first-order valence-electron chi connectivity index (χ1n) is 5.50. The molecule has 0 fully saturated rings. The summed E-state index contributed by atoms with van der Waals surface area (Å²) in [5, 5.41) is 15.2. The van der Waals surface area contributed by atoms with Crippen LogP contribution in [0.3, 0.4) is 0 Å². The van der Waals surface area contributed by atoms with Crippen LogP contribution < -0.4 is 10.4 Å². The Balaban J connectivity index is 2.19. The van der Waals surface area contributed by atoms with Crippen molar-refractivity contribution in [3.63, 3.8) is 0 Å². The molecule has 0 unspecified atom stereocenters. The van der Waals surface area contributed by atoms with Crippen LogP contribution in [0.5, 0.6) is 0 Å². The van der Waals surface area contributed by atoms with E-state index in [-0.39, 0.29) is 5.70 Å². The summed E-state index contributed by atoms with van der Waals surface area (Å²) in [6.07, 6.45) is 1.38. The molecular weight excluding hydrogens is 262 g/mol. The molecular formula is C14H10NO3S-. The number of carbonyl (C=O) groups is 2. The van der Waals surface area contributed by atoms with E-state index < -0.39 is 11.9 Å². The number of thiophene rings is 1. The van der Waals surface area contributed by atoms with Crippen molar-refractivity contribution in [2.45, 2.75) is 0 Å². The van der Waals surface area contributed by atoms with Gasteiger partial charge in [0.1, 0.15) is 0 Å². The van der Waals surface area contributed by atoms with Crippen molar-refractivity contribution in [2.24, 2.45) is 0 Å². The molecule has 0 aliphatic carbocycles. The van der Waals surface area contributed by atoms with E-state index in [1.54, 1.807) is 42.5 Å². The van der Waals surface area contributed by atoms with E-state index in [0.29, 0.717) is 5.56 Å². The number of hydrogen-bond donors (Lipinski definition) is 1. The largest absolute Gasteiger partial charge is 0.543 e. The van der Waals surface area contributed by atoms with E-state index >= 15 is 0 Å². The van der Waals surface area contributed by atoms with Crippen molar-refractivity contribution < 1.29 is 14.7 Å². The summed E-state index contributed by atoms with van der Waals surface area (Å²) in [5.41, 5.74) is 0.136. The van der Waals surface area contributed by atoms with Crippen LogP contribution in [0.2, 0.25) is 0 Å². The topological polar surface area (TPSA) is 69.2 Å². The van der Waals surface area contributed by atoms with Gasteiger partial charge in [0, 0.05) is 10.4 Å². The monoisotopic (exact) mass is 272 g/mol. The quantitative estimate of drug-likeness (QED) is 0.852. The number of benzene rings is 1. The Bertz CT molecular complexity index is 603. The van der Waals surface area contributed by atoms with E-state index in [0.717, 1.165) is 4.88 Å². The minimum absolute atomic E-state index is 0.253. The fraction of sp³-hybridized carbons (Fsp3) is 0. The van der Waals surface area contributed by atoms with E-state index in [9.17, 15) is 14.7 Å². The zero-order chi connectivity index (χ0) is 13.7. The Labute approximate surface area is 114 Å². The fourth-order valence-corrected chi connectivity index (χ4v) is 2.10. The highest BCUT2D eigenvalue weighted by Crippen LogP contribution is 2.12. The van der Waals surface area contributed by atoms with Gasteiger partial charge in [-0.15, -0.1) is 11.3 Å². The van der Waals surface area contributed by atoms with Crippen LogP contribution in [-0.4, -0.2) is 11.9 Å². The fourth-order valence-electron chi connectivity index (χ4n) is 1.45. The molecule has 1 amide bonds. The standard InChI is InChI=1S/C14H11NO3S/c16-13(10-5-2-1-3-6-10)15-12(14(17)18)9-11-7-4-8-19-11/h1-9H,(H,15,16)(H,17,18)/p-1/b12-9+. The Morgan fingerprint density at radius 1 is 1.11 bits per heavy atom. The molecule has 0 atom stereocenters. The molecule has 0 bridgehead atoms. The van der Waals surface area contributed by atoms with Crippen LogP contribution in [0, 0.1) is 0 Å². The van der Waals surface area contributed by atoms with Gasteiger partial charge in [0.05, 0.1) is 11.7 Å². The first-order chi connectivity index (χ1) is 9.16. The van der Waals surface area contributed by atoms with Crippen LogP contribution in [0.25, 0.3) is 6.08 Å². The molecule has 0 spiro atoms. The van der Waals surface area contributed by atoms with Gasteiger partial charge in [0.15, 0.2) is 0 Å². The molecule has 2 rings (SSSR count). The van der Waals surface area contributed by atoms with Gasteiger partial charge in [-0.05, 0) is 29.7 Å². The normalized spacial score (nSPS) is 11.1. The van der Waals surface area contributed by atoms with E-state index in [4.69, 9.17) is 0 Å². The Hall–Kier alpha value is -2.40. The number of amides is 1. The maximum Gasteiger partial charge on any atom is 0.255 e. The minimum Gasteiger partial charge on any atom is -0.543 e. The van der Waals surface area contributed by atoms with Crippen LogP contribution >= 0.6 is 11.3 Å². The number of carboxylic acids is 1. The third kappa shape index (κ3) is 3.53. The van der Waals surface area contributed by atoms with Gasteiger partial charge in [0.2, 0.25) is 0 Å². The van der Waals surface area contributed by atoms with Crippen molar-refractivity contribution in [2.75, 3.05) is 0 Å². The lowest BCUT2D eigenvalue weighted by Crippen LogP contribution is -2.35. The number of rotatable bonds is 4. The number of aliphatic carboxylic acids is 1. The van der Waals surface area contributed by atoms with Crippen molar-refractivity contribution in [3.05, 3.63) is 64.0 Å². The average Bonchev–Trinajstić information content (AvgIpc) is 2.91. The summed E-state index contributed by atoms with van der Waals surface area (Å²) < 4.78 is 0. The summed E-state index contributed by atoms with van der Waals surface area (Å²) in [7, 11) is 0. The molecule has 19 heavy (non-hydrogen) atoms. The molecule has 0 aliphatic rings. The SMILES string of the molecule is O=C([O-])/C(=C\c1cccs1)NC(=O)c1ccccc1. The van der Waals surface area contributed by atoms with Crippen molar-refractivity contribution in [3.8, 4) is 0 Å². The predicted octanol–water partition coefficient (Wildman–Crippen LogP) is 1.27. The third-order valence-corrected chi connectivity index (χ3v) is 3.15. The molecule has 2 aromatic rings. The van der Waals surface area contributed by atoms with Crippen LogP contribution in [0.1, 0.15) is 15.2 Å². The Morgan fingerprint density at radius 2 is 1.84 bits per heavy atom. The molecule has 1 aromatic heterocycles. The maximum absolute atomic E-state index is 11.8. The smallest absolute Gasteiger partial charge is 0.255 e. The molecule has 0 saturated heterocycles. The lowest BCUT2D eigenvalue weighted by Gasteiger charge is -2.10. The lowest BCUT2D eigenvalue weighted by atomic mass is 10.2. The second-order valence-corrected chi connectivity index (χ2v) is 4.66. The average molecular weight is 272 g/mol. The zero-order valence-corrected chi connectivity index (χ0v) is 10.6. The highest BCUT2D eigenvalue weighted by molar-refractivity contribution is 7.10. The molecule has 0 saturated carbocycles. The summed E-state index contributed by atoms with van der Waals surface area (Å²) in [6.45, 7) is 0. The lowest BCUT2D eigenvalue weighted by molar-refractivity contribution is -0.299. The van der Waals surface area contributed by atoms with Gasteiger partial charge >= 0.3 is 0 Å². The van der Waals surface area contributed by atoms with Gasteiger partial charge in [-0.3, -0.25) is 4.79 Å². The second kappa shape index (κ2) is 5.97. The van der Waals surface area contributed by atoms with Gasteiger partial charge in [0.25, 0.3) is 5.91 Å². The molecule has 5 heteroatoms. The number of carbonyl (C=O) groups excluding carboxylic acids is 2. The summed E-state index contributed by atoms with van der Waals surface area (Å²) in [6, 6.07) is 11.9.